The lowest BCUT2D eigenvalue weighted by Gasteiger charge is -2.01. The summed E-state index contributed by atoms with van der Waals surface area (Å²) in [7, 11) is 0. The van der Waals surface area contributed by atoms with Crippen LogP contribution in [0.3, 0.4) is 0 Å². The number of hydrogen-bond donors (Lipinski definition) is 1. The molecule has 0 aliphatic heterocycles. The molecule has 2 heteroatoms. The number of nitrogens with one attached hydrogen (secondary N) is 1. The molecule has 68 valence electrons. The molecule has 0 saturated heterocycles. The summed E-state index contributed by atoms with van der Waals surface area (Å²) in [6.07, 6.45) is 2.52. The highest BCUT2D eigenvalue weighted by Gasteiger charge is 1.88. The second kappa shape index (κ2) is 6.10. The first-order valence-electron chi connectivity index (χ1n) is 4.21. The Morgan fingerprint density at radius 1 is 1.31 bits per heavy atom. The average molecular weight is 175 g/mol. The molecule has 1 aromatic carbocycles. The fourth-order valence-corrected chi connectivity index (χ4v) is 0.951. The van der Waals surface area contributed by atoms with Crippen molar-refractivity contribution in [1.29, 1.82) is 0 Å². The van der Waals surface area contributed by atoms with E-state index in [1.807, 2.05) is 18.2 Å². The zero-order valence-corrected chi connectivity index (χ0v) is 7.71. The normalized spacial score (nSPS) is 8.69. The van der Waals surface area contributed by atoms with E-state index in [0.717, 1.165) is 6.54 Å². The maximum absolute atomic E-state index is 4.93. The molecular weight excluding hydrogens is 162 g/mol. The highest BCUT2D eigenvalue weighted by Crippen LogP contribution is 1.96. The van der Waals surface area contributed by atoms with Crippen molar-refractivity contribution in [2.45, 2.75) is 13.5 Å². The minimum Gasteiger partial charge on any atom is -0.431 e. The third-order valence-corrected chi connectivity index (χ3v) is 1.52. The lowest BCUT2D eigenvalue weighted by molar-refractivity contribution is 0.245. The summed E-state index contributed by atoms with van der Waals surface area (Å²) >= 11 is 0. The van der Waals surface area contributed by atoms with Crippen molar-refractivity contribution >= 4 is 0 Å². The monoisotopic (exact) mass is 175 g/mol. The van der Waals surface area contributed by atoms with Gasteiger partial charge >= 0.3 is 0 Å². The standard InChI is InChI=1S/C11H13NO/c1-2-8-13-10-12-9-11-6-4-3-5-7-11/h3-7,12H,9-10H2,1H3. The van der Waals surface area contributed by atoms with Gasteiger partial charge in [-0.1, -0.05) is 36.3 Å². The van der Waals surface area contributed by atoms with E-state index in [4.69, 9.17) is 4.74 Å². The summed E-state index contributed by atoms with van der Waals surface area (Å²) in [5, 5.41) is 3.11. The molecule has 2 nitrogen and oxygen atoms in total. The molecule has 1 aromatic rings. The van der Waals surface area contributed by atoms with Crippen LogP contribution in [0.15, 0.2) is 30.3 Å². The van der Waals surface area contributed by atoms with Gasteiger partial charge in [-0.15, -0.1) is 0 Å². The third kappa shape index (κ3) is 4.19. The molecule has 0 aliphatic rings. The second-order valence-electron chi connectivity index (χ2n) is 2.55. The van der Waals surface area contributed by atoms with Crippen LogP contribution in [0.2, 0.25) is 0 Å². The molecule has 13 heavy (non-hydrogen) atoms. The van der Waals surface area contributed by atoms with Crippen LogP contribution in [0.25, 0.3) is 0 Å². The smallest absolute Gasteiger partial charge is 0.151 e. The van der Waals surface area contributed by atoms with E-state index >= 15 is 0 Å². The maximum Gasteiger partial charge on any atom is 0.151 e. The van der Waals surface area contributed by atoms with Crippen molar-refractivity contribution in [2.24, 2.45) is 0 Å². The van der Waals surface area contributed by atoms with Crippen LogP contribution in [0.5, 0.6) is 0 Å². The second-order valence-corrected chi connectivity index (χ2v) is 2.55. The first kappa shape index (κ1) is 9.63. The minimum absolute atomic E-state index is 0.468. The van der Waals surface area contributed by atoms with Crippen LogP contribution >= 0.6 is 0 Å². The lowest BCUT2D eigenvalue weighted by atomic mass is 10.2. The van der Waals surface area contributed by atoms with Gasteiger partial charge in [0.25, 0.3) is 0 Å². The van der Waals surface area contributed by atoms with Crippen LogP contribution in [-0.2, 0) is 11.3 Å². The Morgan fingerprint density at radius 2 is 2.08 bits per heavy atom. The van der Waals surface area contributed by atoms with E-state index < -0.39 is 0 Å². The first-order chi connectivity index (χ1) is 6.43. The molecule has 0 aliphatic carbocycles. The van der Waals surface area contributed by atoms with Crippen LogP contribution in [0.1, 0.15) is 12.5 Å². The predicted molar refractivity (Wildman–Crippen MR) is 52.7 cm³/mol. The molecule has 0 radical (unpaired) electrons. The SMILES string of the molecule is CC#COCNCc1ccccc1. The molecule has 0 heterocycles. The molecule has 0 amide bonds. The summed E-state index contributed by atoms with van der Waals surface area (Å²) < 4.78 is 4.93. The molecule has 1 rings (SSSR count). The van der Waals surface area contributed by atoms with Crippen molar-refractivity contribution in [3.8, 4) is 12.0 Å². The molecule has 0 fully saturated rings. The molecule has 0 atom stereocenters. The Labute approximate surface area is 78.9 Å². The summed E-state index contributed by atoms with van der Waals surface area (Å²) in [5.74, 6) is 2.65. The van der Waals surface area contributed by atoms with Gasteiger partial charge in [0.15, 0.2) is 6.73 Å². The first-order valence-corrected chi connectivity index (χ1v) is 4.21. The van der Waals surface area contributed by atoms with Crippen LogP contribution < -0.4 is 5.32 Å². The maximum atomic E-state index is 4.93. The van der Waals surface area contributed by atoms with Gasteiger partial charge in [-0.05, 0) is 5.56 Å². The fourth-order valence-electron chi connectivity index (χ4n) is 0.951. The average Bonchev–Trinajstić information content (AvgIpc) is 2.19. The zero-order chi connectivity index (χ0) is 9.36. The van der Waals surface area contributed by atoms with E-state index in [2.05, 4.69) is 29.5 Å². The molecular formula is C11H13NO. The van der Waals surface area contributed by atoms with E-state index in [-0.39, 0.29) is 0 Å². The highest BCUT2D eigenvalue weighted by molar-refractivity contribution is 5.14. The summed E-state index contributed by atoms with van der Waals surface area (Å²) in [6, 6.07) is 10.2. The van der Waals surface area contributed by atoms with Gasteiger partial charge in [0.05, 0.1) is 0 Å². The molecule has 0 saturated carbocycles. The number of rotatable bonds is 4. The highest BCUT2D eigenvalue weighted by atomic mass is 16.5. The number of benzene rings is 1. The Hall–Kier alpha value is -1.46. The number of ether oxygens (including phenoxy) is 1. The van der Waals surface area contributed by atoms with Crippen LogP contribution in [0, 0.1) is 12.0 Å². The third-order valence-electron chi connectivity index (χ3n) is 1.52. The Morgan fingerprint density at radius 3 is 2.77 bits per heavy atom. The van der Waals surface area contributed by atoms with Crippen molar-refractivity contribution in [1.82, 2.24) is 5.32 Å². The Balaban J connectivity index is 2.16. The lowest BCUT2D eigenvalue weighted by Crippen LogP contribution is -2.15. The van der Waals surface area contributed by atoms with E-state index in [9.17, 15) is 0 Å². The van der Waals surface area contributed by atoms with Crippen molar-refractivity contribution in [3.63, 3.8) is 0 Å². The van der Waals surface area contributed by atoms with Gasteiger partial charge in [0.1, 0.15) is 6.11 Å². The van der Waals surface area contributed by atoms with Crippen molar-refractivity contribution in [3.05, 3.63) is 35.9 Å². The Bertz CT molecular complexity index is 284. The topological polar surface area (TPSA) is 21.3 Å². The van der Waals surface area contributed by atoms with Gasteiger partial charge in [0.2, 0.25) is 0 Å². The summed E-state index contributed by atoms with van der Waals surface area (Å²) in [6.45, 7) is 3.03. The minimum atomic E-state index is 0.468. The van der Waals surface area contributed by atoms with Crippen LogP contribution in [0.4, 0.5) is 0 Å². The predicted octanol–water partition coefficient (Wildman–Crippen LogP) is 1.73. The van der Waals surface area contributed by atoms with Gasteiger partial charge < -0.3 is 4.74 Å². The van der Waals surface area contributed by atoms with E-state index in [0.29, 0.717) is 6.73 Å². The molecule has 0 aromatic heterocycles. The van der Waals surface area contributed by atoms with Crippen molar-refractivity contribution in [2.75, 3.05) is 6.73 Å². The van der Waals surface area contributed by atoms with E-state index in [1.165, 1.54) is 5.56 Å². The molecule has 1 N–H and O–H groups in total. The molecule has 0 spiro atoms. The number of hydrogen-bond acceptors (Lipinski definition) is 2. The largest absolute Gasteiger partial charge is 0.431 e. The fraction of sp³-hybridized carbons (Fsp3) is 0.273. The Kier molecular flexibility index (Phi) is 4.52. The summed E-state index contributed by atoms with van der Waals surface area (Å²) in [4.78, 5) is 0. The molecule has 0 bridgehead atoms. The quantitative estimate of drug-likeness (QED) is 0.427. The molecule has 0 unspecified atom stereocenters. The zero-order valence-electron chi connectivity index (χ0n) is 7.71. The van der Waals surface area contributed by atoms with Gasteiger partial charge in [-0.25, -0.2) is 0 Å². The summed E-state index contributed by atoms with van der Waals surface area (Å²) in [5.41, 5.74) is 1.25. The van der Waals surface area contributed by atoms with E-state index in [1.54, 1.807) is 6.92 Å². The van der Waals surface area contributed by atoms with Crippen molar-refractivity contribution < 1.29 is 4.74 Å². The van der Waals surface area contributed by atoms with Crippen LogP contribution in [-0.4, -0.2) is 6.73 Å². The van der Waals surface area contributed by atoms with Gasteiger partial charge in [-0.3, -0.25) is 5.32 Å². The van der Waals surface area contributed by atoms with Gasteiger partial charge in [-0.2, -0.15) is 0 Å². The van der Waals surface area contributed by atoms with Gasteiger partial charge in [0, 0.05) is 13.5 Å².